The number of rotatable bonds is 7. The molecule has 0 spiro atoms. The summed E-state index contributed by atoms with van der Waals surface area (Å²) >= 11 is 3.51. The molecule has 1 N–H and O–H groups in total. The van der Waals surface area contributed by atoms with E-state index in [2.05, 4.69) is 31.4 Å². The Labute approximate surface area is 171 Å². The van der Waals surface area contributed by atoms with Crippen LogP contribution in [0.15, 0.2) is 76.6 Å². The van der Waals surface area contributed by atoms with Gasteiger partial charge in [-0.2, -0.15) is 5.10 Å². The van der Waals surface area contributed by atoms with Crippen molar-refractivity contribution in [2.75, 3.05) is 7.11 Å². The van der Waals surface area contributed by atoms with Crippen LogP contribution in [0.5, 0.6) is 11.5 Å². The molecule has 0 saturated carbocycles. The first-order valence-electron chi connectivity index (χ1n) is 8.45. The summed E-state index contributed by atoms with van der Waals surface area (Å²) in [5.41, 5.74) is 4.76. The third-order valence-electron chi connectivity index (χ3n) is 3.80. The maximum absolute atomic E-state index is 12.0. The van der Waals surface area contributed by atoms with Crippen LogP contribution in [0.2, 0.25) is 0 Å². The van der Waals surface area contributed by atoms with Gasteiger partial charge < -0.3 is 9.47 Å². The van der Waals surface area contributed by atoms with Crippen molar-refractivity contribution in [2.45, 2.75) is 6.61 Å². The van der Waals surface area contributed by atoms with Crippen molar-refractivity contribution in [3.8, 4) is 11.5 Å². The average molecular weight is 440 g/mol. The Bertz CT molecular complexity index is 963. The Kier molecular flexibility index (Phi) is 6.75. The van der Waals surface area contributed by atoms with Crippen molar-refractivity contribution in [1.29, 1.82) is 0 Å². The number of carbonyl (C=O) groups is 1. The second-order valence-corrected chi connectivity index (χ2v) is 6.60. The highest BCUT2D eigenvalue weighted by Crippen LogP contribution is 2.36. The van der Waals surface area contributed by atoms with E-state index >= 15 is 0 Å². The molecule has 0 fully saturated rings. The molecule has 1 heterocycles. The van der Waals surface area contributed by atoms with Gasteiger partial charge in [-0.1, -0.05) is 30.3 Å². The summed E-state index contributed by atoms with van der Waals surface area (Å²) in [7, 11) is 1.57. The second-order valence-electron chi connectivity index (χ2n) is 5.74. The van der Waals surface area contributed by atoms with Gasteiger partial charge in [-0.3, -0.25) is 9.78 Å². The van der Waals surface area contributed by atoms with Crippen molar-refractivity contribution in [2.24, 2.45) is 5.10 Å². The lowest BCUT2D eigenvalue weighted by Crippen LogP contribution is -2.17. The van der Waals surface area contributed by atoms with Crippen LogP contribution in [0.4, 0.5) is 0 Å². The van der Waals surface area contributed by atoms with Crippen LogP contribution < -0.4 is 14.9 Å². The number of hydrogen-bond donors (Lipinski definition) is 1. The first kappa shape index (κ1) is 19.6. The van der Waals surface area contributed by atoms with Gasteiger partial charge in [0.1, 0.15) is 6.61 Å². The third-order valence-corrected chi connectivity index (χ3v) is 4.39. The number of methoxy groups -OCH3 is 1. The van der Waals surface area contributed by atoms with Gasteiger partial charge >= 0.3 is 0 Å². The fraction of sp³-hybridized carbons (Fsp3) is 0.0952. The molecule has 28 heavy (non-hydrogen) atoms. The largest absolute Gasteiger partial charge is 0.493 e. The molecule has 3 aromatic rings. The quantitative estimate of drug-likeness (QED) is 0.442. The number of benzene rings is 2. The lowest BCUT2D eigenvalue weighted by atomic mass is 10.2. The van der Waals surface area contributed by atoms with Gasteiger partial charge in [0.25, 0.3) is 5.91 Å². The molecular weight excluding hydrogens is 422 g/mol. The maximum Gasteiger partial charge on any atom is 0.271 e. The molecule has 142 valence electrons. The van der Waals surface area contributed by atoms with E-state index in [0.29, 0.717) is 23.7 Å². The summed E-state index contributed by atoms with van der Waals surface area (Å²) in [6, 6.07) is 16.7. The second kappa shape index (κ2) is 9.66. The number of aromatic nitrogens is 1. The van der Waals surface area contributed by atoms with Crippen LogP contribution >= 0.6 is 15.9 Å². The third kappa shape index (κ3) is 5.17. The smallest absolute Gasteiger partial charge is 0.271 e. The molecule has 6 nitrogen and oxygen atoms in total. The van der Waals surface area contributed by atoms with E-state index in [-0.39, 0.29) is 5.91 Å². The maximum atomic E-state index is 12.0. The molecule has 7 heteroatoms. The normalized spacial score (nSPS) is 10.6. The summed E-state index contributed by atoms with van der Waals surface area (Å²) in [6.07, 6.45) is 4.64. The van der Waals surface area contributed by atoms with Crippen LogP contribution in [-0.2, 0) is 6.61 Å². The summed E-state index contributed by atoms with van der Waals surface area (Å²) in [5.74, 6) is 0.851. The summed E-state index contributed by atoms with van der Waals surface area (Å²) in [6.45, 7) is 0.422. The molecule has 2 aromatic carbocycles. The molecule has 0 aliphatic heterocycles. The lowest BCUT2D eigenvalue weighted by molar-refractivity contribution is 0.0955. The zero-order valence-electron chi connectivity index (χ0n) is 15.1. The molecule has 0 bridgehead atoms. The fourth-order valence-electron chi connectivity index (χ4n) is 2.42. The lowest BCUT2D eigenvalue weighted by Gasteiger charge is -2.13. The first-order chi connectivity index (χ1) is 13.7. The number of hydrogen-bond acceptors (Lipinski definition) is 5. The molecule has 0 aliphatic rings. The number of carbonyl (C=O) groups excluding carboxylic acids is 1. The Morgan fingerprint density at radius 3 is 2.64 bits per heavy atom. The summed E-state index contributed by atoms with van der Waals surface area (Å²) < 4.78 is 12.1. The predicted octanol–water partition coefficient (Wildman–Crippen LogP) is 4.20. The number of nitrogens with one attached hydrogen (secondary N) is 1. The molecule has 1 aromatic heterocycles. The van der Waals surface area contributed by atoms with Gasteiger partial charge in [0, 0.05) is 18.0 Å². The molecule has 0 aliphatic carbocycles. The summed E-state index contributed by atoms with van der Waals surface area (Å²) in [5, 5.41) is 4.00. The minimum Gasteiger partial charge on any atom is -0.493 e. The van der Waals surface area contributed by atoms with E-state index in [1.54, 1.807) is 37.7 Å². The minimum atomic E-state index is -0.313. The van der Waals surface area contributed by atoms with Crippen molar-refractivity contribution in [3.05, 3.63) is 88.2 Å². The van der Waals surface area contributed by atoms with Gasteiger partial charge in [0.2, 0.25) is 0 Å². The van der Waals surface area contributed by atoms with Gasteiger partial charge in [-0.15, -0.1) is 0 Å². The number of amides is 1. The Balaban J connectivity index is 1.69. The summed E-state index contributed by atoms with van der Waals surface area (Å²) in [4.78, 5) is 15.9. The number of ether oxygens (including phenoxy) is 2. The van der Waals surface area contributed by atoms with E-state index in [1.165, 1.54) is 6.21 Å². The van der Waals surface area contributed by atoms with Crippen molar-refractivity contribution < 1.29 is 14.3 Å². The molecule has 0 radical (unpaired) electrons. The van der Waals surface area contributed by atoms with E-state index in [9.17, 15) is 4.79 Å². The minimum absolute atomic E-state index is 0.313. The monoisotopic (exact) mass is 439 g/mol. The fourth-order valence-corrected chi connectivity index (χ4v) is 2.99. The van der Waals surface area contributed by atoms with E-state index in [4.69, 9.17) is 9.47 Å². The van der Waals surface area contributed by atoms with Crippen molar-refractivity contribution >= 4 is 28.1 Å². The van der Waals surface area contributed by atoms with Gasteiger partial charge in [0.05, 0.1) is 17.8 Å². The van der Waals surface area contributed by atoms with Crippen LogP contribution in [0, 0.1) is 0 Å². The van der Waals surface area contributed by atoms with Crippen LogP contribution in [0.25, 0.3) is 0 Å². The van der Waals surface area contributed by atoms with E-state index < -0.39 is 0 Å². The van der Waals surface area contributed by atoms with Crippen molar-refractivity contribution in [3.63, 3.8) is 0 Å². The molecule has 1 amide bonds. The molecule has 0 saturated heterocycles. The topological polar surface area (TPSA) is 72.8 Å². The number of hydrazone groups is 1. The van der Waals surface area contributed by atoms with Gasteiger partial charge in [-0.25, -0.2) is 5.43 Å². The van der Waals surface area contributed by atoms with Crippen molar-refractivity contribution in [1.82, 2.24) is 10.4 Å². The van der Waals surface area contributed by atoms with E-state index in [1.807, 2.05) is 36.4 Å². The average Bonchev–Trinajstić information content (AvgIpc) is 2.74. The standard InChI is InChI=1S/C21H18BrN3O3/c1-27-19-12-16(13-24-25-21(26)17-7-9-23-10-8-17)11-18(22)20(19)28-14-15-5-3-2-4-6-15/h2-13H,14H2,1H3,(H,25,26)/b24-13-. The van der Waals surface area contributed by atoms with Gasteiger partial charge in [-0.05, 0) is 51.3 Å². The Morgan fingerprint density at radius 1 is 1.18 bits per heavy atom. The predicted molar refractivity (Wildman–Crippen MR) is 111 cm³/mol. The Hall–Kier alpha value is -3.19. The highest BCUT2D eigenvalue weighted by Gasteiger charge is 2.11. The molecule has 0 unspecified atom stereocenters. The Morgan fingerprint density at radius 2 is 1.93 bits per heavy atom. The zero-order chi connectivity index (χ0) is 19.8. The van der Waals surface area contributed by atoms with Crippen LogP contribution in [0.3, 0.4) is 0 Å². The highest BCUT2D eigenvalue weighted by atomic mass is 79.9. The van der Waals surface area contributed by atoms with Crippen LogP contribution in [-0.4, -0.2) is 24.2 Å². The van der Waals surface area contributed by atoms with Crippen LogP contribution in [0.1, 0.15) is 21.5 Å². The number of pyridine rings is 1. The number of halogens is 1. The molecule has 3 rings (SSSR count). The SMILES string of the molecule is COc1cc(/C=N\NC(=O)c2ccncc2)cc(Br)c1OCc1ccccc1. The van der Waals surface area contributed by atoms with Gasteiger partial charge in [0.15, 0.2) is 11.5 Å². The highest BCUT2D eigenvalue weighted by molar-refractivity contribution is 9.10. The number of nitrogens with zero attached hydrogens (tertiary/aromatic N) is 2. The zero-order valence-corrected chi connectivity index (χ0v) is 16.7. The molecular formula is C21H18BrN3O3. The van der Waals surface area contributed by atoms with E-state index in [0.717, 1.165) is 15.6 Å². The first-order valence-corrected chi connectivity index (χ1v) is 9.24. The molecule has 0 atom stereocenters.